The maximum absolute atomic E-state index is 13.6. The molecule has 184 valence electrons. The molecule has 3 aromatic carbocycles. The summed E-state index contributed by atoms with van der Waals surface area (Å²) >= 11 is 4.96. The predicted molar refractivity (Wildman–Crippen MR) is 144 cm³/mol. The average molecular weight is 558 g/mol. The molecule has 0 aromatic heterocycles. The maximum atomic E-state index is 13.6. The summed E-state index contributed by atoms with van der Waals surface area (Å²) in [4.78, 5) is 28.6. The zero-order chi connectivity index (χ0) is 25.2. The standard InChI is InChI=1S/C28H30BrFN2O2S/c1-20(2)31-28(34)26(16-21-7-4-3-5-8-21)32(17-23-9-6-10-24(29)15-23)27(33)19-35-18-22-11-13-25(30)14-12-22/h3-15,20,26H,16-19H2,1-2H3,(H,31,34). The summed E-state index contributed by atoms with van der Waals surface area (Å²) in [5.74, 6) is 0.229. The highest BCUT2D eigenvalue weighted by Gasteiger charge is 2.30. The number of thioether (sulfide) groups is 1. The first-order valence-corrected chi connectivity index (χ1v) is 13.5. The molecule has 7 heteroatoms. The first-order valence-electron chi connectivity index (χ1n) is 11.5. The molecule has 0 heterocycles. The molecule has 0 fully saturated rings. The van der Waals surface area contributed by atoms with E-state index in [0.29, 0.717) is 18.7 Å². The van der Waals surface area contributed by atoms with Gasteiger partial charge in [0, 0.05) is 29.2 Å². The van der Waals surface area contributed by atoms with Crippen LogP contribution in [0.15, 0.2) is 83.3 Å². The number of nitrogens with zero attached hydrogens (tertiary/aromatic N) is 1. The van der Waals surface area contributed by atoms with Gasteiger partial charge in [-0.2, -0.15) is 0 Å². The smallest absolute Gasteiger partial charge is 0.243 e. The Morgan fingerprint density at radius 2 is 1.63 bits per heavy atom. The summed E-state index contributed by atoms with van der Waals surface area (Å²) in [6, 6.07) is 23.1. The van der Waals surface area contributed by atoms with Crippen LogP contribution in [0.1, 0.15) is 30.5 Å². The Morgan fingerprint density at radius 1 is 0.943 bits per heavy atom. The molecule has 1 atom stereocenters. The van der Waals surface area contributed by atoms with Gasteiger partial charge in [-0.05, 0) is 54.8 Å². The summed E-state index contributed by atoms with van der Waals surface area (Å²) in [7, 11) is 0. The number of halogens is 2. The van der Waals surface area contributed by atoms with Crippen molar-refractivity contribution in [3.05, 3.63) is 106 Å². The van der Waals surface area contributed by atoms with E-state index in [-0.39, 0.29) is 29.4 Å². The van der Waals surface area contributed by atoms with Crippen molar-refractivity contribution in [2.75, 3.05) is 5.75 Å². The second-order valence-electron chi connectivity index (χ2n) is 8.64. The van der Waals surface area contributed by atoms with Crippen LogP contribution >= 0.6 is 27.7 Å². The van der Waals surface area contributed by atoms with Gasteiger partial charge in [-0.3, -0.25) is 9.59 Å². The van der Waals surface area contributed by atoms with Crippen LogP contribution in [0.2, 0.25) is 0 Å². The number of carbonyl (C=O) groups is 2. The van der Waals surface area contributed by atoms with Crippen LogP contribution in [0.25, 0.3) is 0 Å². The third-order valence-electron chi connectivity index (χ3n) is 5.35. The van der Waals surface area contributed by atoms with Gasteiger partial charge < -0.3 is 10.2 Å². The zero-order valence-electron chi connectivity index (χ0n) is 19.9. The van der Waals surface area contributed by atoms with Gasteiger partial charge in [0.1, 0.15) is 11.9 Å². The molecule has 0 saturated heterocycles. The van der Waals surface area contributed by atoms with Crippen molar-refractivity contribution >= 4 is 39.5 Å². The average Bonchev–Trinajstić information content (AvgIpc) is 2.82. The van der Waals surface area contributed by atoms with Crippen LogP contribution in [0.5, 0.6) is 0 Å². The lowest BCUT2D eigenvalue weighted by Gasteiger charge is -2.32. The van der Waals surface area contributed by atoms with E-state index in [1.807, 2.05) is 68.4 Å². The summed E-state index contributed by atoms with van der Waals surface area (Å²) in [6.07, 6.45) is 0.418. The Balaban J connectivity index is 1.84. The Bertz CT molecular complexity index is 1110. The third kappa shape index (κ3) is 8.82. The summed E-state index contributed by atoms with van der Waals surface area (Å²) < 4.78 is 14.1. The number of amides is 2. The highest BCUT2D eigenvalue weighted by atomic mass is 79.9. The minimum Gasteiger partial charge on any atom is -0.352 e. The fourth-order valence-corrected chi connectivity index (χ4v) is 5.00. The van der Waals surface area contributed by atoms with Crippen LogP contribution in [0.3, 0.4) is 0 Å². The number of nitrogens with one attached hydrogen (secondary N) is 1. The first-order chi connectivity index (χ1) is 16.8. The highest BCUT2D eigenvalue weighted by Crippen LogP contribution is 2.20. The van der Waals surface area contributed by atoms with Gasteiger partial charge in [0.15, 0.2) is 0 Å². The fourth-order valence-electron chi connectivity index (χ4n) is 3.69. The number of hydrogen-bond donors (Lipinski definition) is 1. The molecular formula is C28H30BrFN2O2S. The lowest BCUT2D eigenvalue weighted by Crippen LogP contribution is -2.52. The van der Waals surface area contributed by atoms with E-state index in [1.165, 1.54) is 23.9 Å². The molecule has 1 N–H and O–H groups in total. The Kier molecular flexibility index (Phi) is 10.4. The minimum absolute atomic E-state index is 0.0450. The van der Waals surface area contributed by atoms with Crippen LogP contribution in [0.4, 0.5) is 4.39 Å². The molecule has 0 aliphatic rings. The molecule has 35 heavy (non-hydrogen) atoms. The van der Waals surface area contributed by atoms with Crippen molar-refractivity contribution in [1.82, 2.24) is 10.2 Å². The van der Waals surface area contributed by atoms with Crippen molar-refractivity contribution < 1.29 is 14.0 Å². The van der Waals surface area contributed by atoms with Crippen molar-refractivity contribution in [2.45, 2.75) is 44.6 Å². The van der Waals surface area contributed by atoms with Gasteiger partial charge in [-0.15, -0.1) is 11.8 Å². The van der Waals surface area contributed by atoms with Crippen LogP contribution in [-0.4, -0.2) is 34.6 Å². The molecule has 3 aromatic rings. The molecule has 0 aliphatic heterocycles. The summed E-state index contributed by atoms with van der Waals surface area (Å²) in [5.41, 5.74) is 2.87. The minimum atomic E-state index is -0.655. The molecule has 2 amide bonds. The number of benzene rings is 3. The SMILES string of the molecule is CC(C)NC(=O)C(Cc1ccccc1)N(Cc1cccc(Br)c1)C(=O)CSCc1ccc(F)cc1. The lowest BCUT2D eigenvalue weighted by molar-refractivity contribution is -0.139. The molecule has 0 aliphatic carbocycles. The van der Waals surface area contributed by atoms with Gasteiger partial charge in [-0.1, -0.05) is 70.5 Å². The quantitative estimate of drug-likeness (QED) is 0.315. The molecular weight excluding hydrogens is 527 g/mol. The van der Waals surface area contributed by atoms with Crippen molar-refractivity contribution in [3.8, 4) is 0 Å². The largest absolute Gasteiger partial charge is 0.352 e. The molecule has 0 saturated carbocycles. The maximum Gasteiger partial charge on any atom is 0.243 e. The van der Waals surface area contributed by atoms with E-state index in [2.05, 4.69) is 21.2 Å². The normalized spacial score (nSPS) is 11.8. The Morgan fingerprint density at radius 3 is 2.29 bits per heavy atom. The molecule has 1 unspecified atom stereocenters. The second kappa shape index (κ2) is 13.4. The van der Waals surface area contributed by atoms with Crippen molar-refractivity contribution in [2.24, 2.45) is 0 Å². The zero-order valence-corrected chi connectivity index (χ0v) is 22.3. The van der Waals surface area contributed by atoms with Gasteiger partial charge >= 0.3 is 0 Å². The summed E-state index contributed by atoms with van der Waals surface area (Å²) in [5, 5.41) is 3.00. The van der Waals surface area contributed by atoms with Crippen LogP contribution in [-0.2, 0) is 28.3 Å². The van der Waals surface area contributed by atoms with Gasteiger partial charge in [0.05, 0.1) is 5.75 Å². The molecule has 4 nitrogen and oxygen atoms in total. The molecule has 0 spiro atoms. The van der Waals surface area contributed by atoms with Gasteiger partial charge in [0.25, 0.3) is 0 Å². The third-order valence-corrected chi connectivity index (χ3v) is 6.83. The summed E-state index contributed by atoms with van der Waals surface area (Å²) in [6.45, 7) is 4.14. The molecule has 0 radical (unpaired) electrons. The van der Waals surface area contributed by atoms with E-state index in [1.54, 1.807) is 17.0 Å². The number of carbonyl (C=O) groups excluding carboxylic acids is 2. The Labute approximate surface area is 219 Å². The topological polar surface area (TPSA) is 49.4 Å². The van der Waals surface area contributed by atoms with Crippen molar-refractivity contribution in [1.29, 1.82) is 0 Å². The van der Waals surface area contributed by atoms with Crippen LogP contribution < -0.4 is 5.32 Å². The second-order valence-corrected chi connectivity index (χ2v) is 10.5. The highest BCUT2D eigenvalue weighted by molar-refractivity contribution is 9.10. The lowest BCUT2D eigenvalue weighted by atomic mass is 10.0. The van der Waals surface area contributed by atoms with E-state index in [4.69, 9.17) is 0 Å². The van der Waals surface area contributed by atoms with E-state index >= 15 is 0 Å². The number of hydrogen-bond acceptors (Lipinski definition) is 3. The van der Waals surface area contributed by atoms with Crippen LogP contribution in [0, 0.1) is 5.82 Å². The molecule has 3 rings (SSSR count). The van der Waals surface area contributed by atoms with E-state index in [9.17, 15) is 14.0 Å². The Hall–Kier alpha value is -2.64. The van der Waals surface area contributed by atoms with E-state index in [0.717, 1.165) is 21.2 Å². The fraction of sp³-hybridized carbons (Fsp3) is 0.286. The van der Waals surface area contributed by atoms with E-state index < -0.39 is 6.04 Å². The van der Waals surface area contributed by atoms with Crippen molar-refractivity contribution in [3.63, 3.8) is 0 Å². The van der Waals surface area contributed by atoms with Gasteiger partial charge in [-0.25, -0.2) is 4.39 Å². The van der Waals surface area contributed by atoms with Gasteiger partial charge in [0.2, 0.25) is 11.8 Å². The number of rotatable bonds is 11. The monoisotopic (exact) mass is 556 g/mol. The first kappa shape index (κ1) is 27.0. The molecule has 0 bridgehead atoms. The predicted octanol–water partition coefficient (Wildman–Crippen LogP) is 5.99.